The monoisotopic (exact) mass is 292 g/mol. The van der Waals surface area contributed by atoms with Crippen molar-refractivity contribution in [3.63, 3.8) is 0 Å². The van der Waals surface area contributed by atoms with Crippen LogP contribution in [0.25, 0.3) is 10.9 Å². The van der Waals surface area contributed by atoms with E-state index in [0.29, 0.717) is 23.0 Å². The van der Waals surface area contributed by atoms with Crippen molar-refractivity contribution < 1.29 is 9.47 Å². The Bertz CT molecular complexity index is 614. The van der Waals surface area contributed by atoms with Crippen LogP contribution in [0.1, 0.15) is 6.42 Å². The Kier molecular flexibility index (Phi) is 3.94. The van der Waals surface area contributed by atoms with Gasteiger partial charge in [-0.05, 0) is 31.6 Å². The average Bonchev–Trinajstić information content (AvgIpc) is 2.41. The molecule has 0 spiro atoms. The first-order valence-corrected chi connectivity index (χ1v) is 7.14. The molecular formula is C15H17ClN2O2. The number of aromatic nitrogens is 1. The second kappa shape index (κ2) is 5.85. The van der Waals surface area contributed by atoms with Crippen LogP contribution in [0, 0.1) is 0 Å². The summed E-state index contributed by atoms with van der Waals surface area (Å²) in [7, 11) is 1.64. The predicted molar refractivity (Wildman–Crippen MR) is 79.9 cm³/mol. The number of rotatable bonds is 5. The Hall–Kier alpha value is -1.52. The third kappa shape index (κ3) is 2.67. The van der Waals surface area contributed by atoms with Gasteiger partial charge in [-0.1, -0.05) is 17.7 Å². The number of halogens is 1. The molecule has 106 valence electrons. The molecular weight excluding hydrogens is 276 g/mol. The van der Waals surface area contributed by atoms with E-state index in [1.165, 1.54) is 19.5 Å². The van der Waals surface area contributed by atoms with Crippen LogP contribution in [0.3, 0.4) is 0 Å². The van der Waals surface area contributed by atoms with Crippen molar-refractivity contribution >= 4 is 22.5 Å². The lowest BCUT2D eigenvalue weighted by molar-refractivity contribution is 0.145. The molecule has 0 radical (unpaired) electrons. The summed E-state index contributed by atoms with van der Waals surface area (Å²) in [5.74, 6) is 1.29. The van der Waals surface area contributed by atoms with Crippen LogP contribution in [0.15, 0.2) is 24.3 Å². The van der Waals surface area contributed by atoms with Crippen molar-refractivity contribution in [2.75, 3.05) is 33.4 Å². The minimum Gasteiger partial charge on any atom is -0.496 e. The molecule has 0 aliphatic carbocycles. The fourth-order valence-electron chi connectivity index (χ4n) is 2.29. The van der Waals surface area contributed by atoms with E-state index in [1.807, 2.05) is 24.3 Å². The van der Waals surface area contributed by atoms with Crippen molar-refractivity contribution in [1.82, 2.24) is 9.88 Å². The molecule has 0 amide bonds. The topological polar surface area (TPSA) is 34.6 Å². The first-order valence-electron chi connectivity index (χ1n) is 6.76. The van der Waals surface area contributed by atoms with Crippen LogP contribution >= 0.6 is 11.6 Å². The zero-order valence-electron chi connectivity index (χ0n) is 11.4. The minimum absolute atomic E-state index is 0.558. The molecule has 0 unspecified atom stereocenters. The number of hydrogen-bond donors (Lipinski definition) is 0. The summed E-state index contributed by atoms with van der Waals surface area (Å²) in [5.41, 5.74) is 0.715. The third-order valence-corrected chi connectivity index (χ3v) is 3.86. The molecule has 5 heteroatoms. The van der Waals surface area contributed by atoms with E-state index in [9.17, 15) is 0 Å². The van der Waals surface area contributed by atoms with Crippen LogP contribution in [0.4, 0.5) is 0 Å². The van der Waals surface area contributed by atoms with Crippen molar-refractivity contribution in [3.05, 3.63) is 29.3 Å². The molecule has 2 heterocycles. The van der Waals surface area contributed by atoms with Crippen molar-refractivity contribution in [2.45, 2.75) is 6.42 Å². The highest BCUT2D eigenvalue weighted by molar-refractivity contribution is 6.35. The fourth-order valence-corrected chi connectivity index (χ4v) is 2.50. The highest BCUT2D eigenvalue weighted by Crippen LogP contribution is 2.32. The first-order chi connectivity index (χ1) is 9.78. The minimum atomic E-state index is 0.558. The Morgan fingerprint density at radius 2 is 2.20 bits per heavy atom. The molecule has 0 saturated carbocycles. The van der Waals surface area contributed by atoms with Crippen molar-refractivity contribution in [2.24, 2.45) is 0 Å². The Balaban J connectivity index is 1.81. The van der Waals surface area contributed by atoms with E-state index < -0.39 is 0 Å². The normalized spacial score (nSPS) is 15.1. The van der Waals surface area contributed by atoms with Gasteiger partial charge in [0.05, 0.1) is 17.6 Å². The Labute approximate surface area is 123 Å². The zero-order valence-corrected chi connectivity index (χ0v) is 12.2. The summed E-state index contributed by atoms with van der Waals surface area (Å²) < 4.78 is 11.1. The second-order valence-corrected chi connectivity index (χ2v) is 5.25. The molecule has 1 aliphatic heterocycles. The highest BCUT2D eigenvalue weighted by Gasteiger charge is 2.14. The van der Waals surface area contributed by atoms with Crippen LogP contribution in [-0.2, 0) is 0 Å². The van der Waals surface area contributed by atoms with E-state index >= 15 is 0 Å². The SMILES string of the molecule is COc1cc(OCCN2CCC2)nc2c(Cl)cccc12. The predicted octanol–water partition coefficient (Wildman–Crippen LogP) is 2.98. The Morgan fingerprint density at radius 1 is 1.35 bits per heavy atom. The van der Waals surface area contributed by atoms with E-state index in [0.717, 1.165) is 17.7 Å². The number of hydrogen-bond acceptors (Lipinski definition) is 4. The van der Waals surface area contributed by atoms with E-state index in [1.54, 1.807) is 7.11 Å². The van der Waals surface area contributed by atoms with E-state index in [2.05, 4.69) is 9.88 Å². The van der Waals surface area contributed by atoms with Gasteiger partial charge < -0.3 is 9.47 Å². The molecule has 4 nitrogen and oxygen atoms in total. The van der Waals surface area contributed by atoms with Gasteiger partial charge in [0.2, 0.25) is 5.88 Å². The van der Waals surface area contributed by atoms with Gasteiger partial charge in [-0.15, -0.1) is 0 Å². The lowest BCUT2D eigenvalue weighted by Gasteiger charge is -2.30. The summed E-state index contributed by atoms with van der Waals surface area (Å²) in [6.45, 7) is 3.91. The fraction of sp³-hybridized carbons (Fsp3) is 0.400. The van der Waals surface area contributed by atoms with E-state index in [4.69, 9.17) is 21.1 Å². The summed E-state index contributed by atoms with van der Waals surface area (Å²) in [4.78, 5) is 6.82. The second-order valence-electron chi connectivity index (χ2n) is 4.84. The molecule has 1 aromatic carbocycles. The molecule has 0 atom stereocenters. The molecule has 1 saturated heterocycles. The number of pyridine rings is 1. The van der Waals surface area contributed by atoms with Gasteiger partial charge in [-0.25, -0.2) is 4.98 Å². The summed E-state index contributed by atoms with van der Waals surface area (Å²) in [6, 6.07) is 7.46. The third-order valence-electron chi connectivity index (χ3n) is 3.55. The van der Waals surface area contributed by atoms with Gasteiger partial charge in [-0.2, -0.15) is 0 Å². The molecule has 0 N–H and O–H groups in total. The van der Waals surface area contributed by atoms with Gasteiger partial charge in [0.15, 0.2) is 0 Å². The Morgan fingerprint density at radius 3 is 2.90 bits per heavy atom. The zero-order chi connectivity index (χ0) is 13.9. The number of ether oxygens (including phenoxy) is 2. The summed E-state index contributed by atoms with van der Waals surface area (Å²) in [6.07, 6.45) is 1.29. The van der Waals surface area contributed by atoms with Crippen molar-refractivity contribution in [3.8, 4) is 11.6 Å². The van der Waals surface area contributed by atoms with Crippen LogP contribution in [-0.4, -0.2) is 43.2 Å². The quantitative estimate of drug-likeness (QED) is 0.848. The standard InChI is InChI=1S/C15H17ClN2O2/c1-19-13-10-14(20-9-8-18-6-3-7-18)17-15-11(13)4-2-5-12(15)16/h2,4-5,10H,3,6-9H2,1H3. The maximum atomic E-state index is 6.19. The average molecular weight is 293 g/mol. The van der Waals surface area contributed by atoms with Gasteiger partial charge in [0.1, 0.15) is 12.4 Å². The molecule has 2 aromatic rings. The lowest BCUT2D eigenvalue weighted by Crippen LogP contribution is -2.39. The molecule has 3 rings (SSSR count). The summed E-state index contributed by atoms with van der Waals surface area (Å²) in [5, 5.41) is 1.50. The summed E-state index contributed by atoms with van der Waals surface area (Å²) >= 11 is 6.19. The number of fused-ring (bicyclic) bond motifs is 1. The van der Waals surface area contributed by atoms with Crippen molar-refractivity contribution in [1.29, 1.82) is 0 Å². The maximum absolute atomic E-state index is 6.19. The maximum Gasteiger partial charge on any atom is 0.217 e. The van der Waals surface area contributed by atoms with Gasteiger partial charge in [0, 0.05) is 18.0 Å². The lowest BCUT2D eigenvalue weighted by atomic mass is 10.2. The van der Waals surface area contributed by atoms with Gasteiger partial charge in [0.25, 0.3) is 0 Å². The molecule has 1 aromatic heterocycles. The van der Waals surface area contributed by atoms with Gasteiger partial charge >= 0.3 is 0 Å². The van der Waals surface area contributed by atoms with Crippen LogP contribution < -0.4 is 9.47 Å². The molecule has 0 bridgehead atoms. The largest absolute Gasteiger partial charge is 0.496 e. The van der Waals surface area contributed by atoms with Crippen LogP contribution in [0.2, 0.25) is 5.02 Å². The highest BCUT2D eigenvalue weighted by atomic mass is 35.5. The first kappa shape index (κ1) is 13.5. The van der Waals surface area contributed by atoms with Gasteiger partial charge in [-0.3, -0.25) is 4.90 Å². The van der Waals surface area contributed by atoms with E-state index in [-0.39, 0.29) is 0 Å². The number of benzene rings is 1. The number of methoxy groups -OCH3 is 1. The molecule has 1 fully saturated rings. The smallest absolute Gasteiger partial charge is 0.217 e. The van der Waals surface area contributed by atoms with Crippen LogP contribution in [0.5, 0.6) is 11.6 Å². The molecule has 20 heavy (non-hydrogen) atoms. The number of likely N-dealkylation sites (tertiary alicyclic amines) is 1. The number of nitrogens with zero attached hydrogens (tertiary/aromatic N) is 2. The molecule has 1 aliphatic rings. The number of para-hydroxylation sites is 1.